The Balaban J connectivity index is 1.97. The van der Waals surface area contributed by atoms with Gasteiger partial charge in [-0.1, -0.05) is 35.9 Å². The molecule has 0 aromatic heterocycles. The van der Waals surface area contributed by atoms with Crippen molar-refractivity contribution in [3.63, 3.8) is 0 Å². The second-order valence-corrected chi connectivity index (χ2v) is 6.62. The summed E-state index contributed by atoms with van der Waals surface area (Å²) < 4.78 is 0. The summed E-state index contributed by atoms with van der Waals surface area (Å²) >= 11 is 6.36. The highest BCUT2D eigenvalue weighted by Crippen LogP contribution is 2.39. The molecule has 2 aromatic rings. The van der Waals surface area contributed by atoms with Crippen LogP contribution in [0.15, 0.2) is 42.5 Å². The lowest BCUT2D eigenvalue weighted by atomic mass is 9.91. The van der Waals surface area contributed by atoms with E-state index in [1.54, 1.807) is 6.92 Å². The van der Waals surface area contributed by atoms with E-state index in [1.165, 1.54) is 0 Å². The van der Waals surface area contributed by atoms with Gasteiger partial charge >= 0.3 is 0 Å². The molecule has 0 radical (unpaired) electrons. The molecule has 23 heavy (non-hydrogen) atoms. The van der Waals surface area contributed by atoms with E-state index in [0.29, 0.717) is 0 Å². The molecule has 2 atom stereocenters. The molecule has 4 heteroatoms. The Hall–Kier alpha value is -2.00. The maximum Gasteiger partial charge on any atom is 0.224 e. The Labute approximate surface area is 142 Å². The maximum absolute atomic E-state index is 12.0. The fraction of sp³-hybridized carbons (Fsp3) is 0.316. The SMILES string of the molecule is CC(=O)N1c2ccccc2C(Nc2ccc(C)cc2Cl)CC1C. The molecule has 1 heterocycles. The van der Waals surface area contributed by atoms with E-state index in [1.807, 2.05) is 48.2 Å². The van der Waals surface area contributed by atoms with Gasteiger partial charge < -0.3 is 10.2 Å². The predicted octanol–water partition coefficient (Wildman–Crippen LogP) is 4.95. The summed E-state index contributed by atoms with van der Waals surface area (Å²) in [6.07, 6.45) is 0.848. The first kappa shape index (κ1) is 15.9. The van der Waals surface area contributed by atoms with Crippen molar-refractivity contribution >= 4 is 28.9 Å². The van der Waals surface area contributed by atoms with Crippen LogP contribution in [0.1, 0.15) is 37.4 Å². The highest BCUT2D eigenvalue weighted by molar-refractivity contribution is 6.33. The first-order valence-corrected chi connectivity index (χ1v) is 8.26. The number of hydrogen-bond acceptors (Lipinski definition) is 2. The van der Waals surface area contributed by atoms with Crippen LogP contribution >= 0.6 is 11.6 Å². The lowest BCUT2D eigenvalue weighted by Gasteiger charge is -2.39. The Kier molecular flexibility index (Phi) is 4.31. The average Bonchev–Trinajstić information content (AvgIpc) is 2.49. The number of amides is 1. The second kappa shape index (κ2) is 6.25. The van der Waals surface area contributed by atoms with Crippen LogP contribution in [0.3, 0.4) is 0 Å². The zero-order chi connectivity index (χ0) is 16.6. The minimum absolute atomic E-state index is 0.0803. The molecule has 1 aliphatic rings. The zero-order valence-electron chi connectivity index (χ0n) is 13.6. The second-order valence-electron chi connectivity index (χ2n) is 6.21. The van der Waals surface area contributed by atoms with Crippen molar-refractivity contribution in [2.45, 2.75) is 39.3 Å². The number of para-hydroxylation sites is 1. The van der Waals surface area contributed by atoms with E-state index in [-0.39, 0.29) is 18.0 Å². The van der Waals surface area contributed by atoms with Gasteiger partial charge in [0.1, 0.15) is 0 Å². The highest BCUT2D eigenvalue weighted by atomic mass is 35.5. The van der Waals surface area contributed by atoms with E-state index in [9.17, 15) is 4.79 Å². The molecule has 0 aliphatic carbocycles. The van der Waals surface area contributed by atoms with Crippen LogP contribution in [0.4, 0.5) is 11.4 Å². The third-order valence-electron chi connectivity index (χ3n) is 4.38. The fourth-order valence-corrected chi connectivity index (χ4v) is 3.64. The number of nitrogens with zero attached hydrogens (tertiary/aromatic N) is 1. The number of hydrogen-bond donors (Lipinski definition) is 1. The zero-order valence-corrected chi connectivity index (χ0v) is 14.4. The molecule has 3 rings (SSSR count). The number of rotatable bonds is 2. The van der Waals surface area contributed by atoms with Gasteiger partial charge in [0.25, 0.3) is 0 Å². The van der Waals surface area contributed by atoms with Gasteiger partial charge in [-0.15, -0.1) is 0 Å². The van der Waals surface area contributed by atoms with Crippen LogP contribution in [0, 0.1) is 6.92 Å². The third kappa shape index (κ3) is 3.06. The summed E-state index contributed by atoms with van der Waals surface area (Å²) in [6.45, 7) is 5.74. The van der Waals surface area contributed by atoms with Gasteiger partial charge in [-0.2, -0.15) is 0 Å². The summed E-state index contributed by atoms with van der Waals surface area (Å²) in [7, 11) is 0. The van der Waals surface area contributed by atoms with Gasteiger partial charge in [0.2, 0.25) is 5.91 Å². The number of carbonyl (C=O) groups excluding carboxylic acids is 1. The normalized spacial score (nSPS) is 20.1. The molecule has 120 valence electrons. The van der Waals surface area contributed by atoms with Crippen molar-refractivity contribution in [2.75, 3.05) is 10.2 Å². The Morgan fingerprint density at radius 3 is 2.70 bits per heavy atom. The van der Waals surface area contributed by atoms with Crippen molar-refractivity contribution in [1.82, 2.24) is 0 Å². The number of fused-ring (bicyclic) bond motifs is 1. The summed E-state index contributed by atoms with van der Waals surface area (Å²) in [5.41, 5.74) is 4.19. The first-order valence-electron chi connectivity index (χ1n) is 7.89. The van der Waals surface area contributed by atoms with Gasteiger partial charge in [-0.25, -0.2) is 0 Å². The van der Waals surface area contributed by atoms with E-state index < -0.39 is 0 Å². The van der Waals surface area contributed by atoms with Gasteiger partial charge in [0.05, 0.1) is 16.8 Å². The number of anilines is 2. The average molecular weight is 329 g/mol. The van der Waals surface area contributed by atoms with Gasteiger partial charge in [0.15, 0.2) is 0 Å². The molecular weight excluding hydrogens is 308 g/mol. The molecule has 0 spiro atoms. The molecule has 1 aliphatic heterocycles. The molecule has 0 saturated heterocycles. The van der Waals surface area contributed by atoms with Crippen molar-refractivity contribution in [3.05, 3.63) is 58.6 Å². The third-order valence-corrected chi connectivity index (χ3v) is 4.70. The molecule has 1 N–H and O–H groups in total. The first-order chi connectivity index (χ1) is 11.0. The van der Waals surface area contributed by atoms with Crippen LogP contribution in [-0.2, 0) is 4.79 Å². The molecule has 2 aromatic carbocycles. The summed E-state index contributed by atoms with van der Waals surface area (Å²) in [6, 6.07) is 14.4. The molecular formula is C19H21ClN2O. The number of benzene rings is 2. The lowest BCUT2D eigenvalue weighted by molar-refractivity contribution is -0.117. The molecule has 0 fully saturated rings. The van der Waals surface area contributed by atoms with E-state index >= 15 is 0 Å². The molecule has 1 amide bonds. The Morgan fingerprint density at radius 2 is 2.00 bits per heavy atom. The monoisotopic (exact) mass is 328 g/mol. The van der Waals surface area contributed by atoms with Crippen LogP contribution in [0.2, 0.25) is 5.02 Å². The fourth-order valence-electron chi connectivity index (χ4n) is 3.35. The quantitative estimate of drug-likeness (QED) is 0.846. The minimum Gasteiger partial charge on any atom is -0.377 e. The summed E-state index contributed by atoms with van der Waals surface area (Å²) in [5, 5.41) is 4.28. The topological polar surface area (TPSA) is 32.3 Å². The van der Waals surface area contributed by atoms with Crippen molar-refractivity contribution in [1.29, 1.82) is 0 Å². The van der Waals surface area contributed by atoms with Crippen LogP contribution in [0.25, 0.3) is 0 Å². The molecule has 0 saturated carbocycles. The molecule has 3 nitrogen and oxygen atoms in total. The smallest absolute Gasteiger partial charge is 0.224 e. The van der Waals surface area contributed by atoms with E-state index in [4.69, 9.17) is 11.6 Å². The lowest BCUT2D eigenvalue weighted by Crippen LogP contribution is -2.43. The molecule has 2 unspecified atom stereocenters. The largest absolute Gasteiger partial charge is 0.377 e. The Bertz CT molecular complexity index is 744. The van der Waals surface area contributed by atoms with Crippen LogP contribution in [0.5, 0.6) is 0 Å². The standard InChI is InChI=1S/C19H21ClN2O/c1-12-8-9-17(16(20)10-12)21-18-11-13(2)22(14(3)23)19-7-5-4-6-15(18)19/h4-10,13,18,21H,11H2,1-3H3. The van der Waals surface area contributed by atoms with Gasteiger partial charge in [0, 0.05) is 18.7 Å². The number of carbonyl (C=O) groups is 1. The highest BCUT2D eigenvalue weighted by Gasteiger charge is 2.32. The number of halogens is 1. The minimum atomic E-state index is 0.0803. The summed E-state index contributed by atoms with van der Waals surface area (Å²) in [5.74, 6) is 0.0803. The van der Waals surface area contributed by atoms with Crippen LogP contribution < -0.4 is 10.2 Å². The van der Waals surface area contributed by atoms with Crippen LogP contribution in [-0.4, -0.2) is 11.9 Å². The van der Waals surface area contributed by atoms with E-state index in [2.05, 4.69) is 18.3 Å². The predicted molar refractivity (Wildman–Crippen MR) is 96.2 cm³/mol. The van der Waals surface area contributed by atoms with Gasteiger partial charge in [-0.05, 0) is 49.6 Å². The number of nitrogens with one attached hydrogen (secondary N) is 1. The van der Waals surface area contributed by atoms with Crippen molar-refractivity contribution in [3.8, 4) is 0 Å². The van der Waals surface area contributed by atoms with Crippen molar-refractivity contribution < 1.29 is 4.79 Å². The number of aryl methyl sites for hydroxylation is 1. The summed E-state index contributed by atoms with van der Waals surface area (Å²) in [4.78, 5) is 13.9. The van der Waals surface area contributed by atoms with Gasteiger partial charge in [-0.3, -0.25) is 4.79 Å². The molecule has 0 bridgehead atoms. The van der Waals surface area contributed by atoms with E-state index in [0.717, 1.165) is 33.9 Å². The maximum atomic E-state index is 12.0. The Morgan fingerprint density at radius 1 is 1.26 bits per heavy atom. The van der Waals surface area contributed by atoms with Crippen molar-refractivity contribution in [2.24, 2.45) is 0 Å².